The van der Waals surface area contributed by atoms with Crippen molar-refractivity contribution < 1.29 is 4.79 Å². The topological polar surface area (TPSA) is 70.2 Å². The first kappa shape index (κ1) is 16.5. The average molecular weight is 305 g/mol. The van der Waals surface area contributed by atoms with Crippen LogP contribution in [-0.2, 0) is 4.79 Å². The molecule has 2 heterocycles. The van der Waals surface area contributed by atoms with E-state index in [1.807, 2.05) is 13.1 Å². The Morgan fingerprint density at radius 3 is 2.77 bits per heavy atom. The number of anilines is 2. The van der Waals surface area contributed by atoms with Crippen molar-refractivity contribution in [2.75, 3.05) is 36.9 Å². The lowest BCUT2D eigenvalue weighted by Crippen LogP contribution is -2.37. The molecule has 122 valence electrons. The van der Waals surface area contributed by atoms with Crippen LogP contribution in [0.25, 0.3) is 0 Å². The quantitative estimate of drug-likeness (QED) is 0.840. The molecule has 1 aliphatic heterocycles. The van der Waals surface area contributed by atoms with E-state index in [1.165, 1.54) is 0 Å². The second kappa shape index (κ2) is 7.96. The van der Waals surface area contributed by atoms with Crippen LogP contribution in [0.2, 0.25) is 0 Å². The predicted octanol–water partition coefficient (Wildman–Crippen LogP) is 1.90. The van der Waals surface area contributed by atoms with Gasteiger partial charge in [-0.05, 0) is 30.7 Å². The standard InChI is InChI=1S/C16H27N5O/c1-12(2)11-19-15(22)10-13-5-8-21(9-6-13)14-4-7-18-16(17-3)20-14/h4,7,12-13H,5-6,8-11H2,1-3H3,(H,19,22)(H,17,18,20). The summed E-state index contributed by atoms with van der Waals surface area (Å²) in [4.78, 5) is 22.8. The fourth-order valence-corrected chi connectivity index (χ4v) is 2.66. The Morgan fingerprint density at radius 1 is 1.41 bits per heavy atom. The smallest absolute Gasteiger partial charge is 0.224 e. The first-order valence-electron chi connectivity index (χ1n) is 8.11. The van der Waals surface area contributed by atoms with Gasteiger partial charge in [-0.25, -0.2) is 4.98 Å². The number of aromatic nitrogens is 2. The van der Waals surface area contributed by atoms with Crippen LogP contribution in [0.5, 0.6) is 0 Å². The van der Waals surface area contributed by atoms with E-state index in [-0.39, 0.29) is 5.91 Å². The van der Waals surface area contributed by atoms with Gasteiger partial charge in [0.15, 0.2) is 0 Å². The molecule has 2 rings (SSSR count). The number of nitrogens with one attached hydrogen (secondary N) is 2. The van der Waals surface area contributed by atoms with Crippen LogP contribution >= 0.6 is 0 Å². The zero-order valence-electron chi connectivity index (χ0n) is 13.8. The number of amides is 1. The highest BCUT2D eigenvalue weighted by Gasteiger charge is 2.22. The maximum atomic E-state index is 11.9. The van der Waals surface area contributed by atoms with Crippen LogP contribution in [0.1, 0.15) is 33.1 Å². The van der Waals surface area contributed by atoms with Crippen molar-refractivity contribution in [2.24, 2.45) is 11.8 Å². The van der Waals surface area contributed by atoms with Gasteiger partial charge in [-0.1, -0.05) is 13.8 Å². The summed E-state index contributed by atoms with van der Waals surface area (Å²) in [7, 11) is 1.82. The molecule has 0 saturated carbocycles. The Hall–Kier alpha value is -1.85. The maximum Gasteiger partial charge on any atom is 0.224 e. The van der Waals surface area contributed by atoms with E-state index in [1.54, 1.807) is 6.20 Å². The van der Waals surface area contributed by atoms with Crippen LogP contribution in [0.3, 0.4) is 0 Å². The summed E-state index contributed by atoms with van der Waals surface area (Å²) >= 11 is 0. The Kier molecular flexibility index (Phi) is 5.98. The monoisotopic (exact) mass is 305 g/mol. The van der Waals surface area contributed by atoms with Gasteiger partial charge >= 0.3 is 0 Å². The molecule has 1 saturated heterocycles. The summed E-state index contributed by atoms with van der Waals surface area (Å²) in [5.41, 5.74) is 0. The minimum absolute atomic E-state index is 0.187. The minimum Gasteiger partial charge on any atom is -0.357 e. The van der Waals surface area contributed by atoms with E-state index in [4.69, 9.17) is 0 Å². The Bertz CT molecular complexity index is 483. The maximum absolute atomic E-state index is 11.9. The number of carbonyl (C=O) groups excluding carboxylic acids is 1. The van der Waals surface area contributed by atoms with Gasteiger partial charge in [-0.3, -0.25) is 4.79 Å². The number of piperidine rings is 1. The SMILES string of the molecule is CNc1nccc(N2CCC(CC(=O)NCC(C)C)CC2)n1. The molecule has 1 aromatic heterocycles. The molecule has 1 fully saturated rings. The molecule has 1 aromatic rings. The van der Waals surface area contributed by atoms with Crippen LogP contribution in [-0.4, -0.2) is 42.6 Å². The summed E-state index contributed by atoms with van der Waals surface area (Å²) < 4.78 is 0. The number of hydrogen-bond donors (Lipinski definition) is 2. The fraction of sp³-hybridized carbons (Fsp3) is 0.688. The van der Waals surface area contributed by atoms with Gasteiger partial charge in [0.05, 0.1) is 0 Å². The van der Waals surface area contributed by atoms with E-state index in [2.05, 4.69) is 39.3 Å². The second-order valence-corrected chi connectivity index (χ2v) is 6.32. The third-order valence-electron chi connectivity index (χ3n) is 3.98. The van der Waals surface area contributed by atoms with E-state index < -0.39 is 0 Å². The third kappa shape index (κ3) is 4.86. The van der Waals surface area contributed by atoms with Gasteiger partial charge in [0, 0.05) is 39.3 Å². The van der Waals surface area contributed by atoms with E-state index in [9.17, 15) is 4.79 Å². The molecule has 0 bridgehead atoms. The molecule has 0 atom stereocenters. The fourth-order valence-electron chi connectivity index (χ4n) is 2.66. The molecule has 0 aliphatic carbocycles. The number of carbonyl (C=O) groups is 1. The van der Waals surface area contributed by atoms with Gasteiger partial charge in [0.25, 0.3) is 0 Å². The molecule has 1 aliphatic rings. The zero-order chi connectivity index (χ0) is 15.9. The second-order valence-electron chi connectivity index (χ2n) is 6.32. The van der Waals surface area contributed by atoms with Gasteiger partial charge in [-0.15, -0.1) is 0 Å². The van der Waals surface area contributed by atoms with Gasteiger partial charge in [0.1, 0.15) is 5.82 Å². The number of nitrogens with zero attached hydrogens (tertiary/aromatic N) is 3. The summed E-state index contributed by atoms with van der Waals surface area (Å²) in [5, 5.41) is 5.97. The summed E-state index contributed by atoms with van der Waals surface area (Å²) in [6.45, 7) is 6.88. The Labute approximate surface area is 132 Å². The van der Waals surface area contributed by atoms with Crippen LogP contribution in [0, 0.1) is 11.8 Å². The van der Waals surface area contributed by atoms with Crippen molar-refractivity contribution in [1.29, 1.82) is 0 Å². The lowest BCUT2D eigenvalue weighted by Gasteiger charge is -2.32. The highest BCUT2D eigenvalue weighted by molar-refractivity contribution is 5.76. The van der Waals surface area contributed by atoms with Crippen molar-refractivity contribution in [1.82, 2.24) is 15.3 Å². The largest absolute Gasteiger partial charge is 0.357 e. The molecule has 1 amide bonds. The molecule has 0 aromatic carbocycles. The van der Waals surface area contributed by atoms with Crippen molar-refractivity contribution >= 4 is 17.7 Å². The van der Waals surface area contributed by atoms with Crippen molar-refractivity contribution in [3.63, 3.8) is 0 Å². The van der Waals surface area contributed by atoms with E-state index in [0.29, 0.717) is 24.2 Å². The van der Waals surface area contributed by atoms with Gasteiger partial charge < -0.3 is 15.5 Å². The summed E-state index contributed by atoms with van der Waals surface area (Å²) in [6.07, 6.45) is 4.49. The molecule has 0 radical (unpaired) electrons. The minimum atomic E-state index is 0.187. The third-order valence-corrected chi connectivity index (χ3v) is 3.98. The highest BCUT2D eigenvalue weighted by Crippen LogP contribution is 2.24. The molecule has 6 nitrogen and oxygen atoms in total. The van der Waals surface area contributed by atoms with Crippen molar-refractivity contribution in [3.8, 4) is 0 Å². The average Bonchev–Trinajstić information content (AvgIpc) is 2.54. The molecular weight excluding hydrogens is 278 g/mol. The van der Waals surface area contributed by atoms with Crippen LogP contribution in [0.15, 0.2) is 12.3 Å². The number of hydrogen-bond acceptors (Lipinski definition) is 5. The highest BCUT2D eigenvalue weighted by atomic mass is 16.1. The lowest BCUT2D eigenvalue weighted by molar-refractivity contribution is -0.122. The van der Waals surface area contributed by atoms with Crippen LogP contribution in [0.4, 0.5) is 11.8 Å². The van der Waals surface area contributed by atoms with Crippen molar-refractivity contribution in [3.05, 3.63) is 12.3 Å². The predicted molar refractivity (Wildman–Crippen MR) is 89.0 cm³/mol. The van der Waals surface area contributed by atoms with E-state index in [0.717, 1.165) is 38.3 Å². The lowest BCUT2D eigenvalue weighted by atomic mass is 9.93. The van der Waals surface area contributed by atoms with E-state index >= 15 is 0 Å². The molecule has 0 spiro atoms. The molecule has 2 N–H and O–H groups in total. The first-order chi connectivity index (χ1) is 10.6. The van der Waals surface area contributed by atoms with Gasteiger partial charge in [-0.2, -0.15) is 4.98 Å². The number of rotatable bonds is 6. The molecule has 6 heteroatoms. The molecular formula is C16H27N5O. The van der Waals surface area contributed by atoms with Gasteiger partial charge in [0.2, 0.25) is 11.9 Å². The summed E-state index contributed by atoms with van der Waals surface area (Å²) in [6, 6.07) is 1.94. The summed E-state index contributed by atoms with van der Waals surface area (Å²) in [5.74, 6) is 2.78. The molecule has 0 unspecified atom stereocenters. The van der Waals surface area contributed by atoms with Crippen LogP contribution < -0.4 is 15.5 Å². The molecule has 22 heavy (non-hydrogen) atoms. The first-order valence-corrected chi connectivity index (χ1v) is 8.11. The Morgan fingerprint density at radius 2 is 2.14 bits per heavy atom. The van der Waals surface area contributed by atoms with Crippen molar-refractivity contribution in [2.45, 2.75) is 33.1 Å². The Balaban J connectivity index is 1.79. The zero-order valence-corrected chi connectivity index (χ0v) is 13.8. The normalized spacial score (nSPS) is 15.9.